The Morgan fingerprint density at radius 3 is 2.93 bits per heavy atom. The summed E-state index contributed by atoms with van der Waals surface area (Å²) < 4.78 is 1.63. The molecule has 0 spiro atoms. The first-order valence-corrected chi connectivity index (χ1v) is 4.90. The molecule has 1 fully saturated rings. The van der Waals surface area contributed by atoms with E-state index in [0.717, 1.165) is 0 Å². The van der Waals surface area contributed by atoms with Gasteiger partial charge in [0, 0.05) is 25.5 Å². The molecule has 0 N–H and O–H groups in total. The maximum atomic E-state index is 11.8. The second kappa shape index (κ2) is 3.73. The highest BCUT2D eigenvalue weighted by molar-refractivity contribution is 5.80. The summed E-state index contributed by atoms with van der Waals surface area (Å²) in [6.45, 7) is 2.93. The monoisotopic (exact) mass is 204 g/mol. The van der Waals surface area contributed by atoms with E-state index >= 15 is 0 Å². The van der Waals surface area contributed by atoms with E-state index in [1.165, 1.54) is 0 Å². The van der Waals surface area contributed by atoms with Gasteiger partial charge < -0.3 is 4.90 Å². The topological polar surface area (TPSA) is 61.9 Å². The summed E-state index contributed by atoms with van der Waals surface area (Å²) in [5.41, 5.74) is 0. The van der Waals surface area contributed by atoms with Crippen molar-refractivity contribution in [3.8, 4) is 6.07 Å². The van der Waals surface area contributed by atoms with E-state index in [2.05, 4.69) is 11.2 Å². The summed E-state index contributed by atoms with van der Waals surface area (Å²) in [5, 5.41) is 12.6. The molecule has 1 aliphatic rings. The molecule has 1 aromatic rings. The van der Waals surface area contributed by atoms with Gasteiger partial charge in [0.1, 0.15) is 6.04 Å². The summed E-state index contributed by atoms with van der Waals surface area (Å²) in [6, 6.07) is 3.66. The lowest BCUT2D eigenvalue weighted by Crippen LogP contribution is -2.51. The molecule has 5 nitrogen and oxygen atoms in total. The Morgan fingerprint density at radius 2 is 2.40 bits per heavy atom. The normalized spacial score (nSPS) is 18.0. The Kier molecular flexibility index (Phi) is 2.42. The average Bonchev–Trinajstić information content (AvgIpc) is 2.67. The number of amides is 1. The van der Waals surface area contributed by atoms with Crippen molar-refractivity contribution in [3.05, 3.63) is 18.5 Å². The van der Waals surface area contributed by atoms with Gasteiger partial charge in [-0.3, -0.25) is 9.48 Å². The van der Waals surface area contributed by atoms with Crippen LogP contribution in [0.1, 0.15) is 13.0 Å². The minimum atomic E-state index is -0.278. The highest BCUT2D eigenvalue weighted by Gasteiger charge is 2.33. The molecule has 78 valence electrons. The number of carbonyl (C=O) groups is 1. The molecule has 5 heteroatoms. The Morgan fingerprint density at radius 1 is 1.67 bits per heavy atom. The van der Waals surface area contributed by atoms with E-state index in [1.807, 2.05) is 6.92 Å². The molecular weight excluding hydrogens is 192 g/mol. The minimum Gasteiger partial charge on any atom is -0.338 e. The number of nitrogens with zero attached hydrogens (tertiary/aromatic N) is 4. The zero-order valence-corrected chi connectivity index (χ0v) is 8.50. The molecule has 1 atom stereocenters. The molecule has 1 saturated heterocycles. The van der Waals surface area contributed by atoms with Gasteiger partial charge in [-0.25, -0.2) is 0 Å². The molecule has 1 amide bonds. The number of aromatic nitrogens is 2. The summed E-state index contributed by atoms with van der Waals surface area (Å²) in [4.78, 5) is 13.5. The summed E-state index contributed by atoms with van der Waals surface area (Å²) in [5.74, 6) is 0.0453. The van der Waals surface area contributed by atoms with Crippen molar-refractivity contribution < 1.29 is 4.79 Å². The molecule has 1 aliphatic heterocycles. The lowest BCUT2D eigenvalue weighted by Gasteiger charge is -2.36. The van der Waals surface area contributed by atoms with Gasteiger partial charge in [0.15, 0.2) is 0 Å². The van der Waals surface area contributed by atoms with Crippen LogP contribution in [0.4, 0.5) is 0 Å². The third kappa shape index (κ3) is 1.71. The van der Waals surface area contributed by atoms with Crippen LogP contribution in [0.5, 0.6) is 0 Å². The van der Waals surface area contributed by atoms with Crippen LogP contribution < -0.4 is 0 Å². The van der Waals surface area contributed by atoms with Gasteiger partial charge >= 0.3 is 0 Å². The number of hydrogen-bond donors (Lipinski definition) is 0. The first kappa shape index (κ1) is 9.71. The largest absolute Gasteiger partial charge is 0.338 e. The predicted octanol–water partition coefficient (Wildman–Crippen LogP) is 0.426. The van der Waals surface area contributed by atoms with Gasteiger partial charge in [-0.1, -0.05) is 0 Å². The Balaban J connectivity index is 1.96. The standard InChI is InChI=1S/C10H12N4O/c1-8(14-4-2-3-12-14)10(15)13-6-9(5-11)7-13/h2-4,8-9H,6-7H2,1H3/t8-/m1/s1. The lowest BCUT2D eigenvalue weighted by molar-refractivity contribution is -0.139. The number of likely N-dealkylation sites (tertiary alicyclic amines) is 1. The third-order valence-electron chi connectivity index (χ3n) is 2.65. The van der Waals surface area contributed by atoms with Crippen LogP contribution in [0.15, 0.2) is 18.5 Å². The lowest BCUT2D eigenvalue weighted by atomic mass is 10.0. The van der Waals surface area contributed by atoms with E-state index in [0.29, 0.717) is 13.1 Å². The molecule has 0 radical (unpaired) electrons. The second-order valence-electron chi connectivity index (χ2n) is 3.73. The maximum Gasteiger partial charge on any atom is 0.247 e. The Hall–Kier alpha value is -1.83. The molecule has 0 bridgehead atoms. The van der Waals surface area contributed by atoms with Crippen molar-refractivity contribution >= 4 is 5.91 Å². The molecule has 2 heterocycles. The molecule has 1 aromatic heterocycles. The van der Waals surface area contributed by atoms with E-state index in [-0.39, 0.29) is 17.9 Å². The van der Waals surface area contributed by atoms with Crippen molar-refractivity contribution in [2.24, 2.45) is 5.92 Å². The molecule has 2 rings (SSSR count). The van der Waals surface area contributed by atoms with E-state index < -0.39 is 0 Å². The first-order chi connectivity index (χ1) is 7.22. The zero-order chi connectivity index (χ0) is 10.8. The summed E-state index contributed by atoms with van der Waals surface area (Å²) >= 11 is 0. The minimum absolute atomic E-state index is 0.0128. The fourth-order valence-corrected chi connectivity index (χ4v) is 1.63. The molecule has 0 saturated carbocycles. The number of rotatable bonds is 2. The van der Waals surface area contributed by atoms with Crippen LogP contribution in [-0.2, 0) is 4.79 Å². The first-order valence-electron chi connectivity index (χ1n) is 4.90. The smallest absolute Gasteiger partial charge is 0.247 e. The van der Waals surface area contributed by atoms with Crippen LogP contribution >= 0.6 is 0 Å². The van der Waals surface area contributed by atoms with Crippen molar-refractivity contribution in [2.45, 2.75) is 13.0 Å². The van der Waals surface area contributed by atoms with Crippen molar-refractivity contribution in [1.29, 1.82) is 5.26 Å². The molecule has 0 aliphatic carbocycles. The van der Waals surface area contributed by atoms with Crippen molar-refractivity contribution in [1.82, 2.24) is 14.7 Å². The molecule has 0 aromatic carbocycles. The van der Waals surface area contributed by atoms with E-state index in [1.54, 1.807) is 28.0 Å². The molecular formula is C10H12N4O. The fraction of sp³-hybridized carbons (Fsp3) is 0.500. The van der Waals surface area contributed by atoms with E-state index in [4.69, 9.17) is 5.26 Å². The SMILES string of the molecule is C[C@H](C(=O)N1CC(C#N)C1)n1cccn1. The number of nitriles is 1. The van der Waals surface area contributed by atoms with Gasteiger partial charge in [-0.15, -0.1) is 0 Å². The van der Waals surface area contributed by atoms with E-state index in [9.17, 15) is 4.79 Å². The summed E-state index contributed by atoms with van der Waals surface area (Å²) in [6.07, 6.45) is 3.42. The zero-order valence-electron chi connectivity index (χ0n) is 8.50. The van der Waals surface area contributed by atoms with Crippen LogP contribution in [0.2, 0.25) is 0 Å². The summed E-state index contributed by atoms with van der Waals surface area (Å²) in [7, 11) is 0. The average molecular weight is 204 g/mol. The number of hydrogen-bond acceptors (Lipinski definition) is 3. The molecule has 0 unspecified atom stereocenters. The van der Waals surface area contributed by atoms with Crippen molar-refractivity contribution in [3.63, 3.8) is 0 Å². The Bertz CT molecular complexity index is 386. The second-order valence-corrected chi connectivity index (χ2v) is 3.73. The Labute approximate surface area is 87.9 Å². The fourth-order valence-electron chi connectivity index (χ4n) is 1.63. The highest BCUT2D eigenvalue weighted by Crippen LogP contribution is 2.19. The van der Waals surface area contributed by atoms with Crippen LogP contribution in [0.25, 0.3) is 0 Å². The van der Waals surface area contributed by atoms with Gasteiger partial charge in [0.05, 0.1) is 12.0 Å². The predicted molar refractivity (Wildman–Crippen MR) is 52.6 cm³/mol. The quantitative estimate of drug-likeness (QED) is 0.701. The third-order valence-corrected chi connectivity index (χ3v) is 2.65. The van der Waals surface area contributed by atoms with Crippen LogP contribution in [-0.4, -0.2) is 33.7 Å². The van der Waals surface area contributed by atoms with Gasteiger partial charge in [-0.2, -0.15) is 10.4 Å². The van der Waals surface area contributed by atoms with Crippen LogP contribution in [0, 0.1) is 17.2 Å². The molecule has 15 heavy (non-hydrogen) atoms. The van der Waals surface area contributed by atoms with Gasteiger partial charge in [0.2, 0.25) is 5.91 Å². The van der Waals surface area contributed by atoms with Crippen LogP contribution in [0.3, 0.4) is 0 Å². The highest BCUT2D eigenvalue weighted by atomic mass is 16.2. The van der Waals surface area contributed by atoms with Gasteiger partial charge in [0.25, 0.3) is 0 Å². The number of carbonyl (C=O) groups excluding carboxylic acids is 1. The van der Waals surface area contributed by atoms with Gasteiger partial charge in [-0.05, 0) is 13.0 Å². The van der Waals surface area contributed by atoms with Crippen molar-refractivity contribution in [2.75, 3.05) is 13.1 Å². The maximum absolute atomic E-state index is 11.8.